The molecule has 1 fully saturated rings. The van der Waals surface area contributed by atoms with Crippen LogP contribution in [0.4, 0.5) is 0 Å². The molecule has 0 N–H and O–H groups in total. The van der Waals surface area contributed by atoms with Gasteiger partial charge < -0.3 is 9.47 Å². The first kappa shape index (κ1) is 13.5. The van der Waals surface area contributed by atoms with Gasteiger partial charge in [-0.2, -0.15) is 0 Å². The second kappa shape index (κ2) is 7.63. The minimum absolute atomic E-state index is 0.128. The normalized spacial score (nSPS) is 20.3. The Labute approximate surface area is 97.9 Å². The summed E-state index contributed by atoms with van der Waals surface area (Å²) in [6.07, 6.45) is 3.76. The third-order valence-corrected chi connectivity index (χ3v) is 2.90. The zero-order valence-electron chi connectivity index (χ0n) is 10.4. The van der Waals surface area contributed by atoms with Gasteiger partial charge in [0.25, 0.3) is 0 Å². The van der Waals surface area contributed by atoms with Gasteiger partial charge in [-0.15, -0.1) is 0 Å². The zero-order valence-corrected chi connectivity index (χ0v) is 10.4. The maximum Gasteiger partial charge on any atom is 0.320 e. The number of hydrogen-bond acceptors (Lipinski definition) is 4. The van der Waals surface area contributed by atoms with Crippen LogP contribution in [0.2, 0.25) is 0 Å². The molecule has 1 atom stereocenters. The molecule has 4 heteroatoms. The van der Waals surface area contributed by atoms with E-state index >= 15 is 0 Å². The Morgan fingerprint density at radius 1 is 1.50 bits per heavy atom. The van der Waals surface area contributed by atoms with Gasteiger partial charge >= 0.3 is 5.97 Å². The molecule has 1 heterocycles. The molecule has 1 unspecified atom stereocenters. The molecule has 1 aliphatic rings. The molecule has 0 bridgehead atoms. The van der Waals surface area contributed by atoms with Crippen LogP contribution in [0.15, 0.2) is 0 Å². The summed E-state index contributed by atoms with van der Waals surface area (Å²) in [5, 5.41) is 0. The predicted octanol–water partition coefficient (Wildman–Crippen LogP) is 1.44. The lowest BCUT2D eigenvalue weighted by Gasteiger charge is -2.20. The number of nitrogens with zero attached hydrogens (tertiary/aromatic N) is 1. The van der Waals surface area contributed by atoms with E-state index < -0.39 is 0 Å². The highest BCUT2D eigenvalue weighted by Gasteiger charge is 2.17. The lowest BCUT2D eigenvalue weighted by atomic mass is 10.2. The van der Waals surface area contributed by atoms with Crippen molar-refractivity contribution in [3.8, 4) is 0 Å². The van der Waals surface area contributed by atoms with E-state index in [1.54, 1.807) is 0 Å². The molecule has 0 aromatic carbocycles. The molecule has 0 spiro atoms. The highest BCUT2D eigenvalue weighted by Crippen LogP contribution is 2.15. The first-order valence-corrected chi connectivity index (χ1v) is 6.25. The quantitative estimate of drug-likeness (QED) is 0.619. The van der Waals surface area contributed by atoms with Gasteiger partial charge in [-0.3, -0.25) is 9.69 Å². The van der Waals surface area contributed by atoms with Crippen LogP contribution in [0, 0.1) is 0 Å². The second-order valence-corrected chi connectivity index (χ2v) is 4.10. The minimum atomic E-state index is -0.128. The van der Waals surface area contributed by atoms with Crippen LogP contribution in [0.5, 0.6) is 0 Å². The highest BCUT2D eigenvalue weighted by molar-refractivity contribution is 5.71. The third-order valence-electron chi connectivity index (χ3n) is 2.90. The molecule has 0 aromatic heterocycles. The van der Waals surface area contributed by atoms with Crippen molar-refractivity contribution in [2.24, 2.45) is 0 Å². The summed E-state index contributed by atoms with van der Waals surface area (Å²) in [6, 6.07) is 0. The SMILES string of the molecule is CCOC(=O)CN(CC)CCC1CCCO1. The molecular formula is C12H23NO3. The molecule has 0 aromatic rings. The summed E-state index contributed by atoms with van der Waals surface area (Å²) in [5.41, 5.74) is 0. The number of likely N-dealkylation sites (N-methyl/N-ethyl adjacent to an activating group) is 1. The molecule has 0 radical (unpaired) electrons. The molecule has 0 aliphatic carbocycles. The Morgan fingerprint density at radius 3 is 2.88 bits per heavy atom. The highest BCUT2D eigenvalue weighted by atomic mass is 16.5. The van der Waals surface area contributed by atoms with Crippen LogP contribution < -0.4 is 0 Å². The average molecular weight is 229 g/mol. The molecule has 4 nitrogen and oxygen atoms in total. The fraction of sp³-hybridized carbons (Fsp3) is 0.917. The summed E-state index contributed by atoms with van der Waals surface area (Å²) < 4.78 is 10.5. The van der Waals surface area contributed by atoms with Crippen molar-refractivity contribution in [2.75, 3.05) is 32.8 Å². The number of carbonyl (C=O) groups is 1. The predicted molar refractivity (Wildman–Crippen MR) is 62.3 cm³/mol. The van der Waals surface area contributed by atoms with Gasteiger partial charge in [0, 0.05) is 13.2 Å². The third kappa shape index (κ3) is 4.94. The van der Waals surface area contributed by atoms with Crippen molar-refractivity contribution >= 4 is 5.97 Å². The standard InChI is InChI=1S/C12H23NO3/c1-3-13(10-12(14)15-4-2)8-7-11-6-5-9-16-11/h11H,3-10H2,1-2H3. The number of esters is 1. The molecule has 0 amide bonds. The van der Waals surface area contributed by atoms with Gasteiger partial charge in [0.15, 0.2) is 0 Å². The number of carbonyl (C=O) groups excluding carboxylic acids is 1. The van der Waals surface area contributed by atoms with Crippen molar-refractivity contribution in [1.82, 2.24) is 4.90 Å². The van der Waals surface area contributed by atoms with E-state index in [0.717, 1.165) is 32.5 Å². The molecule has 1 saturated heterocycles. The Kier molecular flexibility index (Phi) is 6.42. The zero-order chi connectivity index (χ0) is 11.8. The Bertz CT molecular complexity index is 202. The molecule has 1 rings (SSSR count). The van der Waals surface area contributed by atoms with E-state index in [9.17, 15) is 4.79 Å². The van der Waals surface area contributed by atoms with Crippen LogP contribution >= 0.6 is 0 Å². The van der Waals surface area contributed by atoms with Crippen molar-refractivity contribution < 1.29 is 14.3 Å². The van der Waals surface area contributed by atoms with Crippen LogP contribution in [0.25, 0.3) is 0 Å². The van der Waals surface area contributed by atoms with Crippen molar-refractivity contribution in [2.45, 2.75) is 39.2 Å². The first-order valence-electron chi connectivity index (χ1n) is 6.25. The Hall–Kier alpha value is -0.610. The van der Waals surface area contributed by atoms with Gasteiger partial charge in [-0.1, -0.05) is 6.92 Å². The number of ether oxygens (including phenoxy) is 2. The number of hydrogen-bond donors (Lipinski definition) is 0. The van der Waals surface area contributed by atoms with Crippen LogP contribution in [0.1, 0.15) is 33.1 Å². The Balaban J connectivity index is 2.17. The van der Waals surface area contributed by atoms with Gasteiger partial charge in [0.2, 0.25) is 0 Å². The van der Waals surface area contributed by atoms with Gasteiger partial charge in [0.05, 0.1) is 19.3 Å². The van der Waals surface area contributed by atoms with Gasteiger partial charge in [0.1, 0.15) is 0 Å². The summed E-state index contributed by atoms with van der Waals surface area (Å²) in [7, 11) is 0. The Morgan fingerprint density at radius 2 is 2.31 bits per heavy atom. The monoisotopic (exact) mass is 229 g/mol. The van der Waals surface area contributed by atoms with E-state index in [0.29, 0.717) is 19.3 Å². The maximum atomic E-state index is 11.3. The molecule has 94 valence electrons. The largest absolute Gasteiger partial charge is 0.465 e. The molecule has 1 aliphatic heterocycles. The van der Waals surface area contributed by atoms with Crippen molar-refractivity contribution in [1.29, 1.82) is 0 Å². The molecule has 16 heavy (non-hydrogen) atoms. The number of rotatable bonds is 7. The fourth-order valence-electron chi connectivity index (χ4n) is 1.94. The van der Waals surface area contributed by atoms with Crippen LogP contribution in [-0.2, 0) is 14.3 Å². The van der Waals surface area contributed by atoms with E-state index in [1.165, 1.54) is 6.42 Å². The van der Waals surface area contributed by atoms with E-state index in [1.807, 2.05) is 6.92 Å². The van der Waals surface area contributed by atoms with Crippen LogP contribution in [-0.4, -0.2) is 49.8 Å². The average Bonchev–Trinajstić information content (AvgIpc) is 2.77. The van der Waals surface area contributed by atoms with E-state index in [2.05, 4.69) is 11.8 Å². The molecule has 0 saturated carbocycles. The van der Waals surface area contributed by atoms with Gasteiger partial charge in [-0.05, 0) is 32.7 Å². The summed E-state index contributed by atoms with van der Waals surface area (Å²) in [5.74, 6) is -0.128. The first-order chi connectivity index (χ1) is 7.76. The van der Waals surface area contributed by atoms with E-state index in [-0.39, 0.29) is 5.97 Å². The minimum Gasteiger partial charge on any atom is -0.465 e. The summed E-state index contributed by atoms with van der Waals surface area (Å²) in [4.78, 5) is 13.4. The van der Waals surface area contributed by atoms with E-state index in [4.69, 9.17) is 9.47 Å². The maximum absolute atomic E-state index is 11.3. The fourth-order valence-corrected chi connectivity index (χ4v) is 1.94. The molecular weight excluding hydrogens is 206 g/mol. The van der Waals surface area contributed by atoms with Crippen LogP contribution in [0.3, 0.4) is 0 Å². The lowest BCUT2D eigenvalue weighted by molar-refractivity contribution is -0.144. The summed E-state index contributed by atoms with van der Waals surface area (Å²) in [6.45, 7) is 7.45. The second-order valence-electron chi connectivity index (χ2n) is 4.10. The lowest BCUT2D eigenvalue weighted by Crippen LogP contribution is -2.33. The smallest absolute Gasteiger partial charge is 0.320 e. The van der Waals surface area contributed by atoms with Crippen molar-refractivity contribution in [3.63, 3.8) is 0 Å². The summed E-state index contributed by atoms with van der Waals surface area (Å²) >= 11 is 0. The van der Waals surface area contributed by atoms with Gasteiger partial charge in [-0.25, -0.2) is 0 Å². The topological polar surface area (TPSA) is 38.8 Å². The van der Waals surface area contributed by atoms with Crippen molar-refractivity contribution in [3.05, 3.63) is 0 Å².